The number of hydrogen-bond donors (Lipinski definition) is 2. The maximum absolute atomic E-state index is 11.8. The van der Waals surface area contributed by atoms with Gasteiger partial charge in [-0.1, -0.05) is 0 Å². The van der Waals surface area contributed by atoms with E-state index in [1.165, 1.54) is 11.1 Å². The molecule has 1 aliphatic rings. The quantitative estimate of drug-likeness (QED) is 0.785. The first kappa shape index (κ1) is 13.0. The Morgan fingerprint density at radius 3 is 3.22 bits per heavy atom. The molecule has 0 saturated carbocycles. The smallest absolute Gasteiger partial charge is 0.238 e. The van der Waals surface area contributed by atoms with Gasteiger partial charge in [0.1, 0.15) is 6.04 Å². The van der Waals surface area contributed by atoms with Gasteiger partial charge in [0.15, 0.2) is 0 Å². The monoisotopic (exact) mass is 248 g/mol. The summed E-state index contributed by atoms with van der Waals surface area (Å²) in [6, 6.07) is 1.91. The lowest BCUT2D eigenvalue weighted by Gasteiger charge is -2.35. The van der Waals surface area contributed by atoms with E-state index in [4.69, 9.17) is 0 Å². The van der Waals surface area contributed by atoms with E-state index in [-0.39, 0.29) is 11.9 Å². The summed E-state index contributed by atoms with van der Waals surface area (Å²) in [5.41, 5.74) is 2.41. The van der Waals surface area contributed by atoms with Crippen molar-refractivity contribution >= 4 is 5.91 Å². The Kier molecular flexibility index (Phi) is 4.28. The van der Waals surface area contributed by atoms with E-state index in [0.717, 1.165) is 19.6 Å². The third-order valence-corrected chi connectivity index (χ3v) is 3.42. The van der Waals surface area contributed by atoms with Gasteiger partial charge in [-0.3, -0.25) is 14.7 Å². The highest BCUT2D eigenvalue weighted by Crippen LogP contribution is 2.13. The molecule has 0 bridgehead atoms. The average molecular weight is 248 g/mol. The van der Waals surface area contributed by atoms with Gasteiger partial charge in [-0.15, -0.1) is 0 Å². The van der Waals surface area contributed by atoms with Crippen LogP contribution >= 0.6 is 0 Å². The molecule has 1 fully saturated rings. The van der Waals surface area contributed by atoms with Crippen molar-refractivity contribution in [3.8, 4) is 0 Å². The number of amides is 1. The molecule has 1 aliphatic heterocycles. The fourth-order valence-corrected chi connectivity index (χ4v) is 2.24. The Labute approximate surface area is 108 Å². The van der Waals surface area contributed by atoms with Gasteiger partial charge in [-0.05, 0) is 24.1 Å². The first-order valence-corrected chi connectivity index (χ1v) is 6.28. The van der Waals surface area contributed by atoms with Gasteiger partial charge >= 0.3 is 0 Å². The predicted molar refractivity (Wildman–Crippen MR) is 70.1 cm³/mol. The zero-order valence-electron chi connectivity index (χ0n) is 10.9. The summed E-state index contributed by atoms with van der Waals surface area (Å²) in [4.78, 5) is 18.2. The summed E-state index contributed by atoms with van der Waals surface area (Å²) < 4.78 is 0. The Morgan fingerprint density at radius 1 is 1.67 bits per heavy atom. The SMILES string of the molecule is CNC(=O)C1CNCCN1Cc1cnccc1C. The molecule has 1 unspecified atom stereocenters. The van der Waals surface area contributed by atoms with Crippen LogP contribution in [0.5, 0.6) is 0 Å². The van der Waals surface area contributed by atoms with Crippen LogP contribution in [0.1, 0.15) is 11.1 Å². The number of pyridine rings is 1. The highest BCUT2D eigenvalue weighted by molar-refractivity contribution is 5.81. The molecular formula is C13H20N4O. The van der Waals surface area contributed by atoms with Crippen LogP contribution in [0.25, 0.3) is 0 Å². The van der Waals surface area contributed by atoms with E-state index in [0.29, 0.717) is 6.54 Å². The molecule has 98 valence electrons. The fraction of sp³-hybridized carbons (Fsp3) is 0.538. The maximum Gasteiger partial charge on any atom is 0.238 e. The highest BCUT2D eigenvalue weighted by Gasteiger charge is 2.27. The van der Waals surface area contributed by atoms with Gasteiger partial charge in [0.25, 0.3) is 0 Å². The highest BCUT2D eigenvalue weighted by atomic mass is 16.2. The number of aryl methyl sites for hydroxylation is 1. The number of hydrogen-bond acceptors (Lipinski definition) is 4. The molecule has 5 nitrogen and oxygen atoms in total. The third kappa shape index (κ3) is 2.86. The lowest BCUT2D eigenvalue weighted by Crippen LogP contribution is -2.56. The minimum absolute atomic E-state index is 0.0729. The van der Waals surface area contributed by atoms with Gasteiger partial charge < -0.3 is 10.6 Å². The lowest BCUT2D eigenvalue weighted by atomic mass is 10.1. The number of likely N-dealkylation sites (N-methyl/N-ethyl adjacent to an activating group) is 1. The summed E-state index contributed by atoms with van der Waals surface area (Å²) in [5, 5.41) is 5.99. The van der Waals surface area contributed by atoms with Crippen LogP contribution in [-0.2, 0) is 11.3 Å². The molecule has 18 heavy (non-hydrogen) atoms. The van der Waals surface area contributed by atoms with Crippen molar-refractivity contribution in [1.29, 1.82) is 0 Å². The standard InChI is InChI=1S/C13H20N4O/c1-10-3-4-15-7-11(10)9-17-6-5-16-8-12(17)13(18)14-2/h3-4,7,12,16H,5-6,8-9H2,1-2H3,(H,14,18). The third-order valence-electron chi connectivity index (χ3n) is 3.42. The molecular weight excluding hydrogens is 228 g/mol. The number of rotatable bonds is 3. The van der Waals surface area contributed by atoms with Crippen LogP contribution in [0.3, 0.4) is 0 Å². The molecule has 5 heteroatoms. The lowest BCUT2D eigenvalue weighted by molar-refractivity contribution is -0.126. The summed E-state index contributed by atoms with van der Waals surface area (Å²) in [6.45, 7) is 5.37. The molecule has 0 spiro atoms. The molecule has 2 N–H and O–H groups in total. The van der Waals surface area contributed by atoms with E-state index < -0.39 is 0 Å². The number of nitrogens with zero attached hydrogens (tertiary/aromatic N) is 2. The van der Waals surface area contributed by atoms with E-state index in [9.17, 15) is 4.79 Å². The Hall–Kier alpha value is -1.46. The molecule has 1 atom stereocenters. The van der Waals surface area contributed by atoms with Crippen molar-refractivity contribution in [3.63, 3.8) is 0 Å². The Morgan fingerprint density at radius 2 is 2.50 bits per heavy atom. The van der Waals surface area contributed by atoms with Gasteiger partial charge in [0.2, 0.25) is 5.91 Å². The fourth-order valence-electron chi connectivity index (χ4n) is 2.24. The first-order valence-electron chi connectivity index (χ1n) is 6.28. The summed E-state index contributed by atoms with van der Waals surface area (Å²) >= 11 is 0. The van der Waals surface area contributed by atoms with Crippen LogP contribution in [0.4, 0.5) is 0 Å². The molecule has 1 saturated heterocycles. The van der Waals surface area contributed by atoms with Crippen LogP contribution in [0, 0.1) is 6.92 Å². The second-order valence-corrected chi connectivity index (χ2v) is 4.61. The van der Waals surface area contributed by atoms with E-state index in [1.54, 1.807) is 13.2 Å². The van der Waals surface area contributed by atoms with E-state index in [2.05, 4.69) is 27.4 Å². The van der Waals surface area contributed by atoms with Gasteiger partial charge in [0.05, 0.1) is 0 Å². The molecule has 1 aromatic rings. The summed E-state index contributed by atoms with van der Waals surface area (Å²) in [6.07, 6.45) is 3.69. The van der Waals surface area contributed by atoms with Gasteiger partial charge in [-0.2, -0.15) is 0 Å². The van der Waals surface area contributed by atoms with Crippen molar-refractivity contribution in [1.82, 2.24) is 20.5 Å². The Balaban J connectivity index is 2.10. The minimum Gasteiger partial charge on any atom is -0.358 e. The Bertz CT molecular complexity index is 421. The molecule has 0 aliphatic carbocycles. The van der Waals surface area contributed by atoms with Crippen LogP contribution in [0.15, 0.2) is 18.5 Å². The van der Waals surface area contributed by atoms with Gasteiger partial charge in [-0.25, -0.2) is 0 Å². The summed E-state index contributed by atoms with van der Waals surface area (Å²) in [5.74, 6) is 0.0729. The predicted octanol–water partition coefficient (Wildman–Crippen LogP) is -0.0902. The van der Waals surface area contributed by atoms with Crippen molar-refractivity contribution < 1.29 is 4.79 Å². The first-order chi connectivity index (χ1) is 8.72. The van der Waals surface area contributed by atoms with Crippen LogP contribution < -0.4 is 10.6 Å². The zero-order valence-corrected chi connectivity index (χ0v) is 10.9. The number of carbonyl (C=O) groups is 1. The molecule has 1 amide bonds. The second-order valence-electron chi connectivity index (χ2n) is 4.61. The average Bonchev–Trinajstić information content (AvgIpc) is 2.41. The van der Waals surface area contributed by atoms with Crippen molar-refractivity contribution in [2.75, 3.05) is 26.7 Å². The van der Waals surface area contributed by atoms with Gasteiger partial charge in [0, 0.05) is 45.6 Å². The zero-order chi connectivity index (χ0) is 13.0. The number of carbonyl (C=O) groups excluding carboxylic acids is 1. The van der Waals surface area contributed by atoms with Crippen molar-refractivity contribution in [2.24, 2.45) is 0 Å². The second kappa shape index (κ2) is 5.93. The topological polar surface area (TPSA) is 57.3 Å². The van der Waals surface area contributed by atoms with E-state index >= 15 is 0 Å². The number of piperazine rings is 1. The minimum atomic E-state index is -0.0941. The van der Waals surface area contributed by atoms with Crippen molar-refractivity contribution in [3.05, 3.63) is 29.6 Å². The molecule has 2 heterocycles. The molecule has 2 rings (SSSR count). The maximum atomic E-state index is 11.8. The normalized spacial score (nSPS) is 20.7. The molecule has 0 aromatic carbocycles. The van der Waals surface area contributed by atoms with Crippen LogP contribution in [0.2, 0.25) is 0 Å². The molecule has 1 aromatic heterocycles. The van der Waals surface area contributed by atoms with Crippen LogP contribution in [-0.4, -0.2) is 48.5 Å². The largest absolute Gasteiger partial charge is 0.358 e. The van der Waals surface area contributed by atoms with E-state index in [1.807, 2.05) is 12.3 Å². The van der Waals surface area contributed by atoms with Crippen molar-refractivity contribution in [2.45, 2.75) is 19.5 Å². The summed E-state index contributed by atoms with van der Waals surface area (Å²) in [7, 11) is 1.68. The molecule has 0 radical (unpaired) electrons. The number of nitrogens with one attached hydrogen (secondary N) is 2. The number of aromatic nitrogens is 1.